The second-order valence-electron chi connectivity index (χ2n) is 16.3. The summed E-state index contributed by atoms with van der Waals surface area (Å²) in [5.74, 6) is 3.25. The van der Waals surface area contributed by atoms with E-state index < -0.39 is 5.60 Å². The van der Waals surface area contributed by atoms with E-state index in [1.165, 1.54) is 31.3 Å². The van der Waals surface area contributed by atoms with E-state index in [9.17, 15) is 9.50 Å². The van der Waals surface area contributed by atoms with E-state index in [2.05, 4.69) is 53.7 Å². The number of nitrogens with zero attached hydrogens (tertiary/aromatic N) is 8. The van der Waals surface area contributed by atoms with Gasteiger partial charge in [0.1, 0.15) is 24.2 Å². The van der Waals surface area contributed by atoms with Crippen LogP contribution in [0.15, 0.2) is 37.1 Å². The van der Waals surface area contributed by atoms with Gasteiger partial charge >= 0.3 is 0 Å². The van der Waals surface area contributed by atoms with E-state index in [1.54, 1.807) is 18.6 Å². The Labute approximate surface area is 283 Å². The number of halogens is 1. The highest BCUT2D eigenvalue weighted by molar-refractivity contribution is 5.73. The van der Waals surface area contributed by atoms with Crippen molar-refractivity contribution in [1.82, 2.24) is 34.9 Å². The van der Waals surface area contributed by atoms with Crippen molar-refractivity contribution in [3.8, 4) is 22.8 Å². The largest absolute Gasteiger partial charge is 0.434 e. The molecule has 48 heavy (non-hydrogen) atoms. The first-order valence-electron chi connectivity index (χ1n) is 18.0. The Bertz CT molecular complexity index is 1630. The lowest BCUT2D eigenvalue weighted by atomic mass is 9.68. The lowest BCUT2D eigenvalue weighted by Crippen LogP contribution is -2.65. The zero-order valence-electron chi connectivity index (χ0n) is 28.7. The minimum atomic E-state index is -0.588. The Morgan fingerprint density at radius 1 is 1.02 bits per heavy atom. The number of likely N-dealkylation sites (tertiary alicyclic amines) is 2. The fraction of sp³-hybridized carbons (Fsp3) is 0.649. The number of anilines is 1. The molecule has 2 aliphatic carbocycles. The first-order valence-corrected chi connectivity index (χ1v) is 18.0. The summed E-state index contributed by atoms with van der Waals surface area (Å²) in [6.45, 7) is 14.8. The summed E-state index contributed by atoms with van der Waals surface area (Å²) in [5, 5.41) is 19.0. The molecule has 2 saturated carbocycles. The molecule has 0 bridgehead atoms. The number of hydrogen-bond acceptors (Lipinski definition) is 10. The van der Waals surface area contributed by atoms with Gasteiger partial charge in [0.2, 0.25) is 0 Å². The average Bonchev–Trinajstić information content (AvgIpc) is 3.57. The maximum Gasteiger partial charge on any atom is 0.282 e. The number of rotatable bonds is 10. The van der Waals surface area contributed by atoms with Crippen LogP contribution >= 0.6 is 0 Å². The van der Waals surface area contributed by atoms with E-state index in [0.717, 1.165) is 82.1 Å². The van der Waals surface area contributed by atoms with E-state index in [4.69, 9.17) is 4.74 Å². The molecule has 1 aromatic carbocycles. The molecule has 0 unspecified atom stereocenters. The molecule has 1 spiro atoms. The van der Waals surface area contributed by atoms with E-state index in [0.29, 0.717) is 52.8 Å². The fourth-order valence-corrected chi connectivity index (χ4v) is 9.24. The second kappa shape index (κ2) is 12.2. The van der Waals surface area contributed by atoms with Crippen LogP contribution in [0.4, 0.5) is 10.2 Å². The van der Waals surface area contributed by atoms with Crippen LogP contribution in [0.1, 0.15) is 77.8 Å². The van der Waals surface area contributed by atoms with E-state index in [1.807, 2.05) is 13.8 Å². The molecule has 11 heteroatoms. The zero-order valence-corrected chi connectivity index (χ0v) is 28.7. The number of hydrogen-bond donors (Lipinski definition) is 1. The molecule has 5 fully saturated rings. The lowest BCUT2D eigenvalue weighted by molar-refractivity contribution is -0.0793. The fourth-order valence-electron chi connectivity index (χ4n) is 9.24. The molecule has 0 radical (unpaired) electrons. The third kappa shape index (κ3) is 6.07. The standard InChI is InChI=1S/C37H49FN8O2/c1-23(2)33(25-13-28(14-25)44-11-9-26(17-44)36(3,4)47)46-19-37(20-46)10-12-45(18-37)34-35(43-42-22-41-34)48-31-8-7-27(38)15-29(31)30-16-39-21-40-32(30)24-5-6-24/h7-8,15-16,21-26,28,33,47H,5-6,9-14,17-20H2,1-4H3/t25?,26-,28?,33-/m1/s1. The molecule has 5 heterocycles. The van der Waals surface area contributed by atoms with Gasteiger partial charge in [-0.25, -0.2) is 19.3 Å². The van der Waals surface area contributed by atoms with Gasteiger partial charge in [-0.15, -0.1) is 10.2 Å². The van der Waals surface area contributed by atoms with Crippen LogP contribution in [0.5, 0.6) is 11.6 Å². The van der Waals surface area contributed by atoms with Crippen LogP contribution in [0.3, 0.4) is 0 Å². The molecule has 256 valence electrons. The minimum absolute atomic E-state index is 0.231. The van der Waals surface area contributed by atoms with Gasteiger partial charge in [-0.1, -0.05) is 13.8 Å². The summed E-state index contributed by atoms with van der Waals surface area (Å²) in [6, 6.07) is 5.82. The predicted octanol–water partition coefficient (Wildman–Crippen LogP) is 5.55. The molecule has 5 aliphatic rings. The van der Waals surface area contributed by atoms with Gasteiger partial charge in [-0.05, 0) is 89.0 Å². The van der Waals surface area contributed by atoms with Crippen LogP contribution in [0.2, 0.25) is 0 Å². The third-order valence-electron chi connectivity index (χ3n) is 12.0. The van der Waals surface area contributed by atoms with Crippen molar-refractivity contribution >= 4 is 5.82 Å². The van der Waals surface area contributed by atoms with Crippen LogP contribution in [0.25, 0.3) is 11.1 Å². The zero-order chi connectivity index (χ0) is 33.2. The topological polar surface area (TPSA) is 104 Å². The summed E-state index contributed by atoms with van der Waals surface area (Å²) >= 11 is 0. The predicted molar refractivity (Wildman–Crippen MR) is 181 cm³/mol. The third-order valence-corrected chi connectivity index (χ3v) is 12.0. The van der Waals surface area contributed by atoms with E-state index in [-0.39, 0.29) is 11.2 Å². The van der Waals surface area contributed by atoms with Gasteiger partial charge in [0.25, 0.3) is 5.88 Å². The van der Waals surface area contributed by atoms with Crippen LogP contribution in [-0.2, 0) is 0 Å². The Kier molecular flexibility index (Phi) is 8.15. The minimum Gasteiger partial charge on any atom is -0.434 e. The molecular formula is C37H49FN8O2. The van der Waals surface area contributed by atoms with Gasteiger partial charge in [-0.3, -0.25) is 9.80 Å². The SMILES string of the molecule is CC(C)[C@H](C1CC(N2CC[C@@H](C(C)(C)O)C2)C1)N1CC2(CCN(c3ncnnc3Oc3ccc(F)cc3-c3cncnc3C3CC3)C2)C1. The molecule has 1 N–H and O–H groups in total. The first kappa shape index (κ1) is 32.0. The van der Waals surface area contributed by atoms with Crippen LogP contribution in [0, 0.1) is 29.0 Å². The molecule has 3 aliphatic heterocycles. The summed E-state index contributed by atoms with van der Waals surface area (Å²) in [5.41, 5.74) is 1.98. The summed E-state index contributed by atoms with van der Waals surface area (Å²) < 4.78 is 21.0. The molecular weight excluding hydrogens is 607 g/mol. The molecule has 2 atom stereocenters. The summed E-state index contributed by atoms with van der Waals surface area (Å²) in [6.07, 6.45) is 11.7. The molecule has 10 nitrogen and oxygen atoms in total. The Balaban J connectivity index is 0.928. The summed E-state index contributed by atoms with van der Waals surface area (Å²) in [4.78, 5) is 21.1. The Morgan fingerprint density at radius 3 is 2.56 bits per heavy atom. The van der Waals surface area contributed by atoms with Crippen molar-refractivity contribution in [3.05, 3.63) is 48.6 Å². The molecule has 8 rings (SSSR count). The van der Waals surface area contributed by atoms with Crippen molar-refractivity contribution in [2.24, 2.45) is 23.2 Å². The molecule has 3 aromatic rings. The normalized spacial score (nSPS) is 26.6. The van der Waals surface area contributed by atoms with Gasteiger partial charge < -0.3 is 14.7 Å². The number of aromatic nitrogens is 5. The van der Waals surface area contributed by atoms with E-state index >= 15 is 0 Å². The highest BCUT2D eigenvalue weighted by Crippen LogP contribution is 2.49. The Morgan fingerprint density at radius 2 is 1.83 bits per heavy atom. The maximum atomic E-state index is 14.6. The molecule has 0 amide bonds. The number of aliphatic hydroxyl groups is 1. The van der Waals surface area contributed by atoms with Gasteiger partial charge in [0, 0.05) is 79.4 Å². The monoisotopic (exact) mass is 656 g/mol. The van der Waals surface area contributed by atoms with Gasteiger partial charge in [0.05, 0.1) is 11.3 Å². The average molecular weight is 657 g/mol. The summed E-state index contributed by atoms with van der Waals surface area (Å²) in [7, 11) is 0. The van der Waals surface area contributed by atoms with Crippen LogP contribution < -0.4 is 9.64 Å². The van der Waals surface area contributed by atoms with Crippen molar-refractivity contribution in [3.63, 3.8) is 0 Å². The van der Waals surface area contributed by atoms with Crippen molar-refractivity contribution in [1.29, 1.82) is 0 Å². The highest BCUT2D eigenvalue weighted by Gasteiger charge is 2.53. The molecule has 2 aromatic heterocycles. The van der Waals surface area contributed by atoms with Crippen LogP contribution in [-0.4, -0.2) is 97.0 Å². The lowest BCUT2D eigenvalue weighted by Gasteiger charge is -2.57. The van der Waals surface area contributed by atoms with Gasteiger partial charge in [-0.2, -0.15) is 0 Å². The highest BCUT2D eigenvalue weighted by atomic mass is 19.1. The number of ether oxygens (including phenoxy) is 1. The maximum absolute atomic E-state index is 14.6. The molecule has 3 saturated heterocycles. The van der Waals surface area contributed by atoms with Crippen molar-refractivity contribution < 1.29 is 14.2 Å². The van der Waals surface area contributed by atoms with Gasteiger partial charge in [0.15, 0.2) is 5.82 Å². The Hall–Kier alpha value is -3.28. The van der Waals surface area contributed by atoms with Crippen molar-refractivity contribution in [2.45, 2.75) is 89.8 Å². The quantitative estimate of drug-likeness (QED) is 0.299. The first-order chi connectivity index (χ1) is 23.1. The number of benzene rings is 1. The second-order valence-corrected chi connectivity index (χ2v) is 16.3. The smallest absolute Gasteiger partial charge is 0.282 e. The van der Waals surface area contributed by atoms with Crippen molar-refractivity contribution in [2.75, 3.05) is 44.2 Å².